The summed E-state index contributed by atoms with van der Waals surface area (Å²) in [7, 11) is 0. The molecule has 0 saturated heterocycles. The molecule has 34 heavy (non-hydrogen) atoms. The molecule has 0 bridgehead atoms. The summed E-state index contributed by atoms with van der Waals surface area (Å²) in [6.07, 6.45) is 3.88. The highest BCUT2D eigenvalue weighted by molar-refractivity contribution is 5.96. The molecule has 0 unspecified atom stereocenters. The maximum Gasteiger partial charge on any atom is 0.305 e. The van der Waals surface area contributed by atoms with E-state index in [4.69, 9.17) is 0 Å². The number of hydrogen-bond acceptors (Lipinski definition) is 2. The number of amides is 1. The molecule has 0 heterocycles. The van der Waals surface area contributed by atoms with Crippen molar-refractivity contribution in [2.45, 2.75) is 57.8 Å². The van der Waals surface area contributed by atoms with Crippen LogP contribution < -0.4 is 4.90 Å². The maximum atomic E-state index is 13.9. The standard InChI is InChI=1S/C29H31F2NO2/c1-2-3-4-7-21-11-14-26(15-12-21)32(20-23-17-27(33)29(30,31)19-23)28(34)18-22-10-13-24-8-5-6-9-25(24)16-22/h5-6,8-16,23H,2-4,7,17-20H2,1H3/t23-/m1/s1. The maximum absolute atomic E-state index is 13.9. The van der Waals surface area contributed by atoms with E-state index in [1.54, 1.807) is 4.90 Å². The highest BCUT2D eigenvalue weighted by Gasteiger charge is 2.48. The molecule has 1 aliphatic carbocycles. The molecule has 0 spiro atoms. The number of hydrogen-bond donors (Lipinski definition) is 0. The average Bonchev–Trinajstić information content (AvgIpc) is 3.09. The third-order valence-corrected chi connectivity index (χ3v) is 6.66. The number of aryl methyl sites for hydroxylation is 1. The molecule has 0 aromatic heterocycles. The quantitative estimate of drug-likeness (QED) is 0.329. The van der Waals surface area contributed by atoms with Gasteiger partial charge >= 0.3 is 5.92 Å². The van der Waals surface area contributed by atoms with Crippen LogP contribution in [0, 0.1) is 5.92 Å². The van der Waals surface area contributed by atoms with Gasteiger partial charge in [0.25, 0.3) is 0 Å². The van der Waals surface area contributed by atoms with E-state index in [0.717, 1.165) is 35.6 Å². The van der Waals surface area contributed by atoms with Gasteiger partial charge in [0.15, 0.2) is 0 Å². The number of unbranched alkanes of at least 4 members (excludes halogenated alkanes) is 2. The number of halogens is 2. The van der Waals surface area contributed by atoms with Crippen LogP contribution in [0.4, 0.5) is 14.5 Å². The number of benzene rings is 3. The van der Waals surface area contributed by atoms with Crippen LogP contribution in [0.25, 0.3) is 10.8 Å². The van der Waals surface area contributed by atoms with Crippen molar-refractivity contribution in [3.05, 3.63) is 77.9 Å². The van der Waals surface area contributed by atoms with Crippen LogP contribution in [-0.2, 0) is 22.4 Å². The monoisotopic (exact) mass is 463 g/mol. The van der Waals surface area contributed by atoms with Crippen molar-refractivity contribution in [3.63, 3.8) is 0 Å². The lowest BCUT2D eigenvalue weighted by Gasteiger charge is -2.26. The number of Topliss-reactive ketones (excluding diaryl/α,β-unsaturated/α-hetero) is 1. The Kier molecular flexibility index (Phi) is 7.40. The van der Waals surface area contributed by atoms with Crippen LogP contribution >= 0.6 is 0 Å². The van der Waals surface area contributed by atoms with Crippen molar-refractivity contribution in [1.29, 1.82) is 0 Å². The molecule has 1 aliphatic rings. The van der Waals surface area contributed by atoms with Crippen LogP contribution in [0.5, 0.6) is 0 Å². The second kappa shape index (κ2) is 10.5. The molecular formula is C29H31F2NO2. The minimum Gasteiger partial charge on any atom is -0.312 e. The Morgan fingerprint density at radius 1 is 0.971 bits per heavy atom. The van der Waals surface area contributed by atoms with Gasteiger partial charge < -0.3 is 4.90 Å². The molecule has 5 heteroatoms. The number of carbonyl (C=O) groups is 2. The number of ketones is 1. The van der Waals surface area contributed by atoms with Gasteiger partial charge in [-0.2, -0.15) is 8.78 Å². The minimum atomic E-state index is -3.29. The molecule has 3 aromatic rings. The molecule has 3 aromatic carbocycles. The third-order valence-electron chi connectivity index (χ3n) is 6.66. The van der Waals surface area contributed by atoms with E-state index >= 15 is 0 Å². The average molecular weight is 464 g/mol. The molecular weight excluding hydrogens is 432 g/mol. The van der Waals surface area contributed by atoms with Crippen molar-refractivity contribution in [2.75, 3.05) is 11.4 Å². The predicted molar refractivity (Wildman–Crippen MR) is 132 cm³/mol. The first-order chi connectivity index (χ1) is 16.4. The summed E-state index contributed by atoms with van der Waals surface area (Å²) < 4.78 is 27.8. The second-order valence-electron chi connectivity index (χ2n) is 9.39. The van der Waals surface area contributed by atoms with Crippen LogP contribution in [0.1, 0.15) is 50.2 Å². The SMILES string of the molecule is CCCCCc1ccc(N(C[C@@H]2CC(=O)C(F)(F)C2)C(=O)Cc2ccc3ccccc3c2)cc1. The highest BCUT2D eigenvalue weighted by Crippen LogP contribution is 2.37. The number of carbonyl (C=O) groups excluding carboxylic acids is 2. The van der Waals surface area contributed by atoms with Gasteiger partial charge in [-0.1, -0.05) is 74.4 Å². The van der Waals surface area contributed by atoms with Gasteiger partial charge in [0.1, 0.15) is 0 Å². The summed E-state index contributed by atoms with van der Waals surface area (Å²) in [6, 6.07) is 21.7. The van der Waals surface area contributed by atoms with Crippen LogP contribution in [0.3, 0.4) is 0 Å². The second-order valence-corrected chi connectivity index (χ2v) is 9.39. The Labute approximate surface area is 199 Å². The number of nitrogens with zero attached hydrogens (tertiary/aromatic N) is 1. The van der Waals surface area contributed by atoms with Crippen LogP contribution in [0.2, 0.25) is 0 Å². The molecule has 1 amide bonds. The number of anilines is 1. The van der Waals surface area contributed by atoms with E-state index in [0.29, 0.717) is 5.69 Å². The molecule has 1 fully saturated rings. The van der Waals surface area contributed by atoms with Gasteiger partial charge in [0, 0.05) is 25.1 Å². The Morgan fingerprint density at radius 2 is 1.68 bits per heavy atom. The van der Waals surface area contributed by atoms with E-state index in [1.165, 1.54) is 12.0 Å². The number of fused-ring (bicyclic) bond motifs is 1. The summed E-state index contributed by atoms with van der Waals surface area (Å²) in [5, 5.41) is 2.15. The van der Waals surface area contributed by atoms with E-state index in [9.17, 15) is 18.4 Å². The van der Waals surface area contributed by atoms with E-state index < -0.39 is 24.0 Å². The number of alkyl halides is 2. The fraction of sp³-hybridized carbons (Fsp3) is 0.379. The van der Waals surface area contributed by atoms with Crippen LogP contribution in [-0.4, -0.2) is 24.2 Å². The largest absolute Gasteiger partial charge is 0.312 e. The molecule has 1 saturated carbocycles. The normalized spacial score (nSPS) is 17.3. The predicted octanol–water partition coefficient (Wildman–Crippen LogP) is 6.76. The first-order valence-electron chi connectivity index (χ1n) is 12.1. The molecule has 1 atom stereocenters. The zero-order chi connectivity index (χ0) is 24.1. The topological polar surface area (TPSA) is 37.4 Å². The summed E-state index contributed by atoms with van der Waals surface area (Å²) >= 11 is 0. The van der Waals surface area contributed by atoms with Gasteiger partial charge in [-0.25, -0.2) is 0 Å². The lowest BCUT2D eigenvalue weighted by Crippen LogP contribution is -2.36. The van der Waals surface area contributed by atoms with Gasteiger partial charge in [-0.15, -0.1) is 0 Å². The van der Waals surface area contributed by atoms with Gasteiger partial charge in [0.2, 0.25) is 11.7 Å². The minimum absolute atomic E-state index is 0.114. The molecule has 178 valence electrons. The third kappa shape index (κ3) is 5.69. The van der Waals surface area contributed by atoms with Gasteiger partial charge in [-0.3, -0.25) is 9.59 Å². The zero-order valence-electron chi connectivity index (χ0n) is 19.6. The summed E-state index contributed by atoms with van der Waals surface area (Å²) in [5.41, 5.74) is 2.76. The van der Waals surface area contributed by atoms with Crippen molar-refractivity contribution >= 4 is 28.2 Å². The van der Waals surface area contributed by atoms with E-state index in [2.05, 4.69) is 6.92 Å². The molecule has 0 N–H and O–H groups in total. The van der Waals surface area contributed by atoms with Crippen molar-refractivity contribution in [3.8, 4) is 0 Å². The Morgan fingerprint density at radius 3 is 2.35 bits per heavy atom. The zero-order valence-corrected chi connectivity index (χ0v) is 19.6. The summed E-state index contributed by atoms with van der Waals surface area (Å²) in [5.74, 6) is -5.02. The van der Waals surface area contributed by atoms with Gasteiger partial charge in [-0.05, 0) is 52.8 Å². The Hall–Kier alpha value is -3.08. The molecule has 0 aliphatic heterocycles. The first kappa shape index (κ1) is 24.1. The van der Waals surface area contributed by atoms with Gasteiger partial charge in [0.05, 0.1) is 6.42 Å². The summed E-state index contributed by atoms with van der Waals surface area (Å²) in [6.45, 7) is 2.28. The number of rotatable bonds is 9. The Balaban J connectivity index is 1.54. The molecule has 0 radical (unpaired) electrons. The smallest absolute Gasteiger partial charge is 0.305 e. The Bertz CT molecular complexity index is 1160. The van der Waals surface area contributed by atoms with Crippen LogP contribution in [0.15, 0.2) is 66.7 Å². The fourth-order valence-electron chi connectivity index (χ4n) is 4.74. The molecule has 3 nitrogen and oxygen atoms in total. The van der Waals surface area contributed by atoms with Crippen molar-refractivity contribution in [2.24, 2.45) is 5.92 Å². The summed E-state index contributed by atoms with van der Waals surface area (Å²) in [4.78, 5) is 26.7. The fourth-order valence-corrected chi connectivity index (χ4v) is 4.74. The lowest BCUT2D eigenvalue weighted by atomic mass is 10.0. The van der Waals surface area contributed by atoms with E-state index in [-0.39, 0.29) is 25.3 Å². The van der Waals surface area contributed by atoms with E-state index in [1.807, 2.05) is 66.7 Å². The first-order valence-corrected chi connectivity index (χ1v) is 12.1. The molecule has 4 rings (SSSR count). The van der Waals surface area contributed by atoms with Crippen molar-refractivity contribution in [1.82, 2.24) is 0 Å². The van der Waals surface area contributed by atoms with Crippen molar-refractivity contribution < 1.29 is 18.4 Å². The highest BCUT2D eigenvalue weighted by atomic mass is 19.3. The lowest BCUT2D eigenvalue weighted by molar-refractivity contribution is -0.138.